The standard InChI is InChI=1S/C27H38BrN7O2/c1-4-33-9-7-20(8-10-33)30-24-21(28)18-29-27-25(24)31-26(32-27)19-5-6-22(23(17-19)37-3)35-13-11-34(12-14-35)15-16-36-2/h5-6,17-18,20H,4,7-16H2,1-3H3,(H2,29,30,31,32). The zero-order valence-corrected chi connectivity index (χ0v) is 23.7. The molecule has 3 aromatic rings. The van der Waals surface area contributed by atoms with Crippen LogP contribution in [0.2, 0.25) is 0 Å². The molecule has 5 rings (SSSR count). The van der Waals surface area contributed by atoms with Crippen LogP contribution in [-0.4, -0.2) is 104 Å². The van der Waals surface area contributed by atoms with Gasteiger partial charge in [-0.3, -0.25) is 4.90 Å². The van der Waals surface area contributed by atoms with Gasteiger partial charge in [-0.05, 0) is 53.5 Å². The molecule has 0 amide bonds. The number of imidazole rings is 1. The molecule has 2 saturated heterocycles. The molecule has 0 bridgehead atoms. The number of aromatic nitrogens is 3. The van der Waals surface area contributed by atoms with Gasteiger partial charge in [-0.2, -0.15) is 0 Å². The van der Waals surface area contributed by atoms with Crippen molar-refractivity contribution in [3.05, 3.63) is 28.9 Å². The summed E-state index contributed by atoms with van der Waals surface area (Å²) >= 11 is 3.70. The first-order valence-electron chi connectivity index (χ1n) is 13.3. The smallest absolute Gasteiger partial charge is 0.159 e. The fourth-order valence-electron chi connectivity index (χ4n) is 5.32. The van der Waals surface area contributed by atoms with Crippen LogP contribution in [0.15, 0.2) is 28.9 Å². The number of likely N-dealkylation sites (tertiary alicyclic amines) is 1. The lowest BCUT2D eigenvalue weighted by atomic mass is 10.0. The van der Waals surface area contributed by atoms with Gasteiger partial charge in [-0.25, -0.2) is 9.97 Å². The van der Waals surface area contributed by atoms with Gasteiger partial charge in [-0.1, -0.05) is 6.92 Å². The average molecular weight is 573 g/mol. The second-order valence-corrected chi connectivity index (χ2v) is 10.7. The van der Waals surface area contributed by atoms with Crippen LogP contribution in [0.1, 0.15) is 19.8 Å². The van der Waals surface area contributed by atoms with Gasteiger partial charge < -0.3 is 29.6 Å². The number of aromatic amines is 1. The van der Waals surface area contributed by atoms with Crippen molar-refractivity contribution in [3.8, 4) is 17.1 Å². The van der Waals surface area contributed by atoms with Crippen molar-refractivity contribution in [3.63, 3.8) is 0 Å². The summed E-state index contributed by atoms with van der Waals surface area (Å²) in [5, 5.41) is 3.75. The third-order valence-corrected chi connectivity index (χ3v) is 8.23. The Kier molecular flexibility index (Phi) is 8.49. The zero-order valence-electron chi connectivity index (χ0n) is 22.1. The highest BCUT2D eigenvalue weighted by Gasteiger charge is 2.23. The molecular formula is C27H38BrN7O2. The van der Waals surface area contributed by atoms with Gasteiger partial charge in [0.25, 0.3) is 0 Å². The van der Waals surface area contributed by atoms with E-state index in [1.165, 1.54) is 0 Å². The molecule has 0 aliphatic carbocycles. The highest BCUT2D eigenvalue weighted by atomic mass is 79.9. The predicted molar refractivity (Wildman–Crippen MR) is 153 cm³/mol. The molecule has 2 aromatic heterocycles. The molecule has 0 radical (unpaired) electrons. The Hall–Kier alpha value is -2.40. The number of hydrogen-bond donors (Lipinski definition) is 2. The molecule has 2 aliphatic rings. The third-order valence-electron chi connectivity index (χ3n) is 7.63. The minimum Gasteiger partial charge on any atom is -0.495 e. The van der Waals surface area contributed by atoms with Gasteiger partial charge >= 0.3 is 0 Å². The fourth-order valence-corrected chi connectivity index (χ4v) is 5.73. The number of benzene rings is 1. The van der Waals surface area contributed by atoms with Crippen LogP contribution in [0.3, 0.4) is 0 Å². The summed E-state index contributed by atoms with van der Waals surface area (Å²) in [6, 6.07) is 6.78. The van der Waals surface area contributed by atoms with Crippen LogP contribution in [0, 0.1) is 0 Å². The first-order valence-corrected chi connectivity index (χ1v) is 14.1. The summed E-state index contributed by atoms with van der Waals surface area (Å²) < 4.78 is 12.0. The van der Waals surface area contributed by atoms with Crippen molar-refractivity contribution in [1.29, 1.82) is 0 Å². The van der Waals surface area contributed by atoms with Crippen LogP contribution < -0.4 is 15.0 Å². The van der Waals surface area contributed by atoms with Crippen LogP contribution in [0.25, 0.3) is 22.6 Å². The molecule has 37 heavy (non-hydrogen) atoms. The first-order chi connectivity index (χ1) is 18.1. The van der Waals surface area contributed by atoms with Crippen molar-refractivity contribution >= 4 is 38.5 Å². The van der Waals surface area contributed by atoms with E-state index in [0.717, 1.165) is 116 Å². The number of halogens is 1. The fraction of sp³-hybridized carbons (Fsp3) is 0.556. The number of piperidine rings is 1. The minimum atomic E-state index is 0.430. The Bertz CT molecular complexity index is 1190. The van der Waals surface area contributed by atoms with E-state index >= 15 is 0 Å². The number of piperazine rings is 1. The Balaban J connectivity index is 1.35. The highest BCUT2D eigenvalue weighted by molar-refractivity contribution is 9.10. The van der Waals surface area contributed by atoms with Crippen molar-refractivity contribution in [2.75, 3.05) is 83.4 Å². The van der Waals surface area contributed by atoms with E-state index < -0.39 is 0 Å². The lowest BCUT2D eigenvalue weighted by molar-refractivity contribution is 0.144. The van der Waals surface area contributed by atoms with E-state index in [2.05, 4.69) is 71.0 Å². The summed E-state index contributed by atoms with van der Waals surface area (Å²) in [5.41, 5.74) is 4.75. The van der Waals surface area contributed by atoms with E-state index in [9.17, 15) is 0 Å². The summed E-state index contributed by atoms with van der Waals surface area (Å²) in [6.07, 6.45) is 4.10. The van der Waals surface area contributed by atoms with E-state index in [1.54, 1.807) is 14.2 Å². The van der Waals surface area contributed by atoms with Crippen molar-refractivity contribution in [1.82, 2.24) is 24.8 Å². The van der Waals surface area contributed by atoms with Gasteiger partial charge in [0.15, 0.2) is 5.65 Å². The Labute approximate surface area is 227 Å². The highest BCUT2D eigenvalue weighted by Crippen LogP contribution is 2.36. The topological polar surface area (TPSA) is 81.8 Å². The number of fused-ring (bicyclic) bond motifs is 1. The van der Waals surface area contributed by atoms with E-state index in [1.807, 2.05) is 6.20 Å². The maximum atomic E-state index is 5.83. The third kappa shape index (κ3) is 5.87. The van der Waals surface area contributed by atoms with Gasteiger partial charge in [-0.15, -0.1) is 0 Å². The molecule has 9 nitrogen and oxygen atoms in total. The van der Waals surface area contributed by atoms with Crippen LogP contribution in [0.5, 0.6) is 5.75 Å². The number of H-pyrrole nitrogens is 1. The summed E-state index contributed by atoms with van der Waals surface area (Å²) in [6.45, 7) is 11.3. The molecule has 0 unspecified atom stereocenters. The van der Waals surface area contributed by atoms with Crippen LogP contribution in [0.4, 0.5) is 11.4 Å². The Morgan fingerprint density at radius 2 is 1.86 bits per heavy atom. The Morgan fingerprint density at radius 1 is 1.08 bits per heavy atom. The van der Waals surface area contributed by atoms with Crippen molar-refractivity contribution in [2.45, 2.75) is 25.8 Å². The summed E-state index contributed by atoms with van der Waals surface area (Å²) in [5.74, 6) is 1.65. The van der Waals surface area contributed by atoms with E-state index in [4.69, 9.17) is 14.5 Å². The average Bonchev–Trinajstić information content (AvgIpc) is 3.38. The largest absolute Gasteiger partial charge is 0.495 e. The minimum absolute atomic E-state index is 0.430. The molecular weight excluding hydrogens is 534 g/mol. The molecule has 0 spiro atoms. The second-order valence-electron chi connectivity index (χ2n) is 9.82. The number of ether oxygens (including phenoxy) is 2. The molecule has 2 N–H and O–H groups in total. The van der Waals surface area contributed by atoms with Crippen LogP contribution >= 0.6 is 15.9 Å². The predicted octanol–water partition coefficient (Wildman–Crippen LogP) is 4.06. The summed E-state index contributed by atoms with van der Waals surface area (Å²) in [7, 11) is 3.49. The van der Waals surface area contributed by atoms with Crippen molar-refractivity contribution in [2.24, 2.45) is 0 Å². The molecule has 2 aliphatic heterocycles. The van der Waals surface area contributed by atoms with Gasteiger partial charge in [0.05, 0.1) is 29.6 Å². The van der Waals surface area contributed by atoms with Gasteiger partial charge in [0, 0.05) is 70.7 Å². The number of nitrogens with one attached hydrogen (secondary N) is 2. The Morgan fingerprint density at radius 3 is 2.57 bits per heavy atom. The number of hydrogen-bond acceptors (Lipinski definition) is 8. The zero-order chi connectivity index (χ0) is 25.8. The monoisotopic (exact) mass is 571 g/mol. The van der Waals surface area contributed by atoms with Gasteiger partial charge in [0.2, 0.25) is 0 Å². The maximum absolute atomic E-state index is 5.83. The number of methoxy groups -OCH3 is 2. The van der Waals surface area contributed by atoms with Crippen molar-refractivity contribution < 1.29 is 9.47 Å². The quantitative estimate of drug-likeness (QED) is 0.398. The number of rotatable bonds is 9. The number of pyridine rings is 1. The molecule has 0 atom stereocenters. The SMILES string of the molecule is CCN1CCC(Nc2c(Br)cnc3[nH]c(-c4ccc(N5CCN(CCOC)CC5)c(OC)c4)nc23)CC1. The maximum Gasteiger partial charge on any atom is 0.159 e. The molecule has 4 heterocycles. The lowest BCUT2D eigenvalue weighted by Crippen LogP contribution is -2.47. The second kappa shape index (κ2) is 12.0. The molecule has 2 fully saturated rings. The number of anilines is 2. The number of nitrogens with zero attached hydrogens (tertiary/aromatic N) is 5. The molecule has 0 saturated carbocycles. The first kappa shape index (κ1) is 26.2. The molecule has 1 aromatic carbocycles. The van der Waals surface area contributed by atoms with Crippen LogP contribution in [-0.2, 0) is 4.74 Å². The normalized spacial score (nSPS) is 18.0. The summed E-state index contributed by atoms with van der Waals surface area (Å²) in [4.78, 5) is 20.4. The van der Waals surface area contributed by atoms with Gasteiger partial charge in [0.1, 0.15) is 17.1 Å². The molecule has 200 valence electrons. The molecule has 10 heteroatoms. The van der Waals surface area contributed by atoms with E-state index in [0.29, 0.717) is 6.04 Å². The van der Waals surface area contributed by atoms with E-state index in [-0.39, 0.29) is 0 Å². The lowest BCUT2D eigenvalue weighted by Gasteiger charge is -2.36.